The number of methoxy groups -OCH3 is 1. The molecule has 1 heterocycles. The van der Waals surface area contributed by atoms with E-state index in [0.29, 0.717) is 5.75 Å². The summed E-state index contributed by atoms with van der Waals surface area (Å²) in [4.78, 5) is 12.3. The predicted molar refractivity (Wildman–Crippen MR) is 103 cm³/mol. The van der Waals surface area contributed by atoms with E-state index in [2.05, 4.69) is 24.1 Å². The number of hydrogen-bond donors (Lipinski definition) is 0. The van der Waals surface area contributed by atoms with Gasteiger partial charge in [-0.1, -0.05) is 48.6 Å². The van der Waals surface area contributed by atoms with Crippen molar-refractivity contribution in [1.29, 1.82) is 0 Å². The van der Waals surface area contributed by atoms with Crippen LogP contribution in [-0.4, -0.2) is 17.6 Å². The molecular weight excluding hydrogens is 326 g/mol. The van der Waals surface area contributed by atoms with Gasteiger partial charge >= 0.3 is 5.97 Å². The Bertz CT molecular complexity index is 941. The standard InChI is InChI=1S/C22H23NO3/c1-15(2)14-23-16(3)13-18-19(23)11-8-12-20(18)26-21(22(24)25-4)17-9-6-5-7-10-17/h5-13,21H,1,14H2,2-4H3. The summed E-state index contributed by atoms with van der Waals surface area (Å²) in [5.41, 5.74) is 4.01. The minimum atomic E-state index is -0.809. The lowest BCUT2D eigenvalue weighted by Gasteiger charge is -2.18. The molecule has 26 heavy (non-hydrogen) atoms. The van der Waals surface area contributed by atoms with Gasteiger partial charge in [0, 0.05) is 23.2 Å². The van der Waals surface area contributed by atoms with E-state index in [0.717, 1.165) is 34.3 Å². The van der Waals surface area contributed by atoms with Gasteiger partial charge in [-0.05, 0) is 32.0 Å². The fraction of sp³-hybridized carbons (Fsp3) is 0.227. The van der Waals surface area contributed by atoms with Crippen LogP contribution in [0.1, 0.15) is 24.3 Å². The second kappa shape index (κ2) is 7.48. The Balaban J connectivity index is 2.04. The average Bonchev–Trinajstić information content (AvgIpc) is 2.95. The van der Waals surface area contributed by atoms with Crippen LogP contribution in [0.25, 0.3) is 10.9 Å². The Hall–Kier alpha value is -3.01. The zero-order valence-electron chi connectivity index (χ0n) is 15.4. The van der Waals surface area contributed by atoms with Gasteiger partial charge in [0.05, 0.1) is 12.6 Å². The van der Waals surface area contributed by atoms with Crippen LogP contribution in [0, 0.1) is 6.92 Å². The van der Waals surface area contributed by atoms with Crippen LogP contribution in [-0.2, 0) is 16.1 Å². The molecule has 0 saturated heterocycles. The summed E-state index contributed by atoms with van der Waals surface area (Å²) in [6.07, 6.45) is -0.809. The molecule has 4 nitrogen and oxygen atoms in total. The van der Waals surface area contributed by atoms with Crippen molar-refractivity contribution in [1.82, 2.24) is 4.57 Å². The van der Waals surface area contributed by atoms with Crippen molar-refractivity contribution in [3.8, 4) is 5.75 Å². The van der Waals surface area contributed by atoms with E-state index in [-0.39, 0.29) is 0 Å². The predicted octanol–water partition coefficient (Wildman–Crippen LogP) is 4.82. The molecule has 0 saturated carbocycles. The third kappa shape index (κ3) is 3.49. The van der Waals surface area contributed by atoms with Crippen LogP contribution in [0.2, 0.25) is 0 Å². The first-order chi connectivity index (χ1) is 12.5. The lowest BCUT2D eigenvalue weighted by molar-refractivity contribution is -0.149. The number of aromatic nitrogens is 1. The summed E-state index contributed by atoms with van der Waals surface area (Å²) < 4.78 is 13.3. The van der Waals surface area contributed by atoms with Crippen molar-refractivity contribution >= 4 is 16.9 Å². The maximum atomic E-state index is 12.3. The first kappa shape index (κ1) is 17.8. The average molecular weight is 349 g/mol. The molecule has 4 heteroatoms. The van der Waals surface area contributed by atoms with Gasteiger partial charge in [0.1, 0.15) is 5.75 Å². The SMILES string of the molecule is C=C(C)Cn1c(C)cc2c(OC(C(=O)OC)c3ccccc3)cccc21. The Morgan fingerprint density at radius 3 is 2.54 bits per heavy atom. The van der Waals surface area contributed by atoms with E-state index >= 15 is 0 Å². The number of carbonyl (C=O) groups excluding carboxylic acids is 1. The summed E-state index contributed by atoms with van der Waals surface area (Å²) in [5, 5.41) is 0.969. The van der Waals surface area contributed by atoms with Gasteiger partial charge in [0.2, 0.25) is 6.10 Å². The van der Waals surface area contributed by atoms with Gasteiger partial charge in [0.25, 0.3) is 0 Å². The Kier molecular flexibility index (Phi) is 5.12. The molecule has 0 aliphatic carbocycles. The molecule has 0 spiro atoms. The zero-order valence-corrected chi connectivity index (χ0v) is 15.4. The number of fused-ring (bicyclic) bond motifs is 1. The number of allylic oxidation sites excluding steroid dienone is 1. The molecule has 134 valence electrons. The number of aryl methyl sites for hydroxylation is 1. The number of benzene rings is 2. The minimum Gasteiger partial charge on any atom is -0.473 e. The van der Waals surface area contributed by atoms with E-state index in [4.69, 9.17) is 9.47 Å². The Labute approximate surface area is 153 Å². The van der Waals surface area contributed by atoms with Crippen LogP contribution in [0.15, 0.2) is 66.7 Å². The topological polar surface area (TPSA) is 40.5 Å². The molecule has 3 rings (SSSR count). The molecule has 0 fully saturated rings. The van der Waals surface area contributed by atoms with Crippen molar-refractivity contribution in [3.63, 3.8) is 0 Å². The van der Waals surface area contributed by atoms with Gasteiger partial charge in [-0.3, -0.25) is 0 Å². The highest BCUT2D eigenvalue weighted by Gasteiger charge is 2.24. The molecule has 1 aromatic heterocycles. The molecule has 2 aromatic carbocycles. The van der Waals surface area contributed by atoms with Crippen LogP contribution >= 0.6 is 0 Å². The lowest BCUT2D eigenvalue weighted by Crippen LogP contribution is -2.20. The van der Waals surface area contributed by atoms with Gasteiger partial charge in [0.15, 0.2) is 0 Å². The maximum absolute atomic E-state index is 12.3. The van der Waals surface area contributed by atoms with Crippen LogP contribution in [0.4, 0.5) is 0 Å². The number of nitrogens with zero attached hydrogens (tertiary/aromatic N) is 1. The highest BCUT2D eigenvalue weighted by molar-refractivity contribution is 5.88. The van der Waals surface area contributed by atoms with E-state index in [1.165, 1.54) is 7.11 Å². The van der Waals surface area contributed by atoms with Crippen molar-refractivity contribution in [2.75, 3.05) is 7.11 Å². The van der Waals surface area contributed by atoms with Crippen molar-refractivity contribution < 1.29 is 14.3 Å². The molecule has 0 radical (unpaired) electrons. The second-order valence-corrected chi connectivity index (χ2v) is 6.45. The fourth-order valence-corrected chi connectivity index (χ4v) is 3.09. The van der Waals surface area contributed by atoms with E-state index in [9.17, 15) is 4.79 Å². The number of carbonyl (C=O) groups is 1. The van der Waals surface area contributed by atoms with E-state index < -0.39 is 12.1 Å². The van der Waals surface area contributed by atoms with Gasteiger partial charge in [-0.15, -0.1) is 0 Å². The summed E-state index contributed by atoms with van der Waals surface area (Å²) >= 11 is 0. The van der Waals surface area contributed by atoms with E-state index in [1.54, 1.807) is 0 Å². The molecule has 0 N–H and O–H groups in total. The summed E-state index contributed by atoms with van der Waals surface area (Å²) in [6.45, 7) is 8.82. The monoisotopic (exact) mass is 349 g/mol. The molecule has 0 aliphatic rings. The lowest BCUT2D eigenvalue weighted by atomic mass is 10.1. The number of ether oxygens (including phenoxy) is 2. The van der Waals surface area contributed by atoms with Crippen LogP contribution < -0.4 is 4.74 Å². The molecule has 0 aliphatic heterocycles. The van der Waals surface area contributed by atoms with Crippen molar-refractivity contribution in [3.05, 3.63) is 78.0 Å². The minimum absolute atomic E-state index is 0.425. The van der Waals surface area contributed by atoms with Gasteiger partial charge in [-0.25, -0.2) is 4.79 Å². The first-order valence-electron chi connectivity index (χ1n) is 8.54. The highest BCUT2D eigenvalue weighted by Crippen LogP contribution is 2.32. The van der Waals surface area contributed by atoms with Gasteiger partial charge in [-0.2, -0.15) is 0 Å². The van der Waals surface area contributed by atoms with Gasteiger partial charge < -0.3 is 14.0 Å². The molecule has 0 bridgehead atoms. The first-order valence-corrected chi connectivity index (χ1v) is 8.54. The quantitative estimate of drug-likeness (QED) is 0.473. The Morgan fingerprint density at radius 1 is 1.15 bits per heavy atom. The van der Waals surface area contributed by atoms with Crippen LogP contribution in [0.3, 0.4) is 0 Å². The third-order valence-corrected chi connectivity index (χ3v) is 4.30. The fourth-order valence-electron chi connectivity index (χ4n) is 3.09. The third-order valence-electron chi connectivity index (χ3n) is 4.30. The number of rotatable bonds is 6. The second-order valence-electron chi connectivity index (χ2n) is 6.45. The summed E-state index contributed by atoms with van der Waals surface area (Å²) in [6, 6.07) is 17.3. The largest absolute Gasteiger partial charge is 0.473 e. The normalized spacial score (nSPS) is 12.0. The van der Waals surface area contributed by atoms with Crippen LogP contribution in [0.5, 0.6) is 5.75 Å². The molecule has 1 unspecified atom stereocenters. The molecule has 1 atom stereocenters. The molecule has 0 amide bonds. The molecular formula is C22H23NO3. The number of hydrogen-bond acceptors (Lipinski definition) is 3. The summed E-state index contributed by atoms with van der Waals surface area (Å²) in [7, 11) is 1.37. The zero-order chi connectivity index (χ0) is 18.7. The summed E-state index contributed by atoms with van der Waals surface area (Å²) in [5.74, 6) is 0.233. The number of esters is 1. The van der Waals surface area contributed by atoms with Crippen molar-refractivity contribution in [2.24, 2.45) is 0 Å². The maximum Gasteiger partial charge on any atom is 0.351 e. The van der Waals surface area contributed by atoms with E-state index in [1.807, 2.05) is 55.5 Å². The van der Waals surface area contributed by atoms with Crippen molar-refractivity contribution in [2.45, 2.75) is 26.5 Å². The smallest absolute Gasteiger partial charge is 0.351 e. The highest BCUT2D eigenvalue weighted by atomic mass is 16.6. The molecule has 3 aromatic rings. The Morgan fingerprint density at radius 2 is 1.88 bits per heavy atom.